The highest BCUT2D eigenvalue weighted by Crippen LogP contribution is 2.16. The first-order valence-corrected chi connectivity index (χ1v) is 4.65. The van der Waals surface area contributed by atoms with E-state index in [2.05, 4.69) is 31.4 Å². The summed E-state index contributed by atoms with van der Waals surface area (Å²) in [6, 6.07) is -0.169. The molecule has 0 aromatic carbocycles. The Morgan fingerprint density at radius 2 is 1.92 bits per heavy atom. The van der Waals surface area contributed by atoms with E-state index in [-0.39, 0.29) is 17.5 Å². The van der Waals surface area contributed by atoms with Gasteiger partial charge in [-0.2, -0.15) is 0 Å². The first kappa shape index (κ1) is 12.2. The quantitative estimate of drug-likeness (QED) is 0.608. The molecule has 1 unspecified atom stereocenters. The average Bonchev–Trinajstić information content (AvgIpc) is 1.99. The predicted molar refractivity (Wildman–Crippen MR) is 54.5 cm³/mol. The van der Waals surface area contributed by atoms with Gasteiger partial charge in [0.25, 0.3) is 0 Å². The highest BCUT2D eigenvalue weighted by Gasteiger charge is 2.20. The monoisotopic (exact) mass is 187 g/mol. The van der Waals surface area contributed by atoms with Crippen molar-refractivity contribution in [3.05, 3.63) is 0 Å². The molecule has 0 saturated heterocycles. The lowest BCUT2D eigenvalue weighted by Gasteiger charge is -2.27. The second-order valence-electron chi connectivity index (χ2n) is 4.21. The fraction of sp³-hybridized carbons (Fsp3) is 0.889. The molecule has 2 amide bonds. The first-order valence-electron chi connectivity index (χ1n) is 4.65. The first-order chi connectivity index (χ1) is 5.88. The van der Waals surface area contributed by atoms with Crippen LogP contribution in [0.1, 0.15) is 27.7 Å². The van der Waals surface area contributed by atoms with Crippen LogP contribution in [0.5, 0.6) is 0 Å². The summed E-state index contributed by atoms with van der Waals surface area (Å²) in [4.78, 5) is 11.0. The molecule has 0 aromatic heterocycles. The zero-order valence-electron chi connectivity index (χ0n) is 8.98. The number of urea groups is 1. The molecule has 78 valence electrons. The number of hydrogen-bond acceptors (Lipinski definition) is 2. The lowest BCUT2D eigenvalue weighted by Crippen LogP contribution is -2.47. The summed E-state index contributed by atoms with van der Waals surface area (Å²) < 4.78 is 0. The van der Waals surface area contributed by atoms with E-state index in [1.807, 2.05) is 6.92 Å². The molecule has 0 aliphatic heterocycles. The molecule has 0 rings (SSSR count). The van der Waals surface area contributed by atoms with Crippen molar-refractivity contribution >= 4 is 6.03 Å². The van der Waals surface area contributed by atoms with Crippen molar-refractivity contribution in [1.29, 1.82) is 0 Å². The van der Waals surface area contributed by atoms with E-state index in [9.17, 15) is 4.79 Å². The maximum absolute atomic E-state index is 11.0. The fourth-order valence-electron chi connectivity index (χ4n) is 0.732. The van der Waals surface area contributed by atoms with E-state index in [1.54, 1.807) is 0 Å². The molecule has 0 fully saturated rings. The molecule has 4 N–H and O–H groups in total. The van der Waals surface area contributed by atoms with Crippen LogP contribution in [0.25, 0.3) is 0 Å². The number of nitrogens with two attached hydrogens (primary N) is 1. The van der Waals surface area contributed by atoms with Crippen molar-refractivity contribution in [2.45, 2.75) is 33.7 Å². The third kappa shape index (κ3) is 5.47. The Balaban J connectivity index is 3.70. The Hall–Kier alpha value is -0.770. The van der Waals surface area contributed by atoms with Gasteiger partial charge in [0.1, 0.15) is 0 Å². The van der Waals surface area contributed by atoms with Crippen molar-refractivity contribution in [3.63, 3.8) is 0 Å². The van der Waals surface area contributed by atoms with E-state index in [1.165, 1.54) is 0 Å². The van der Waals surface area contributed by atoms with Gasteiger partial charge in [0, 0.05) is 19.1 Å². The Morgan fingerprint density at radius 1 is 1.38 bits per heavy atom. The summed E-state index contributed by atoms with van der Waals surface area (Å²) in [5.74, 6) is 0. The zero-order valence-corrected chi connectivity index (χ0v) is 8.98. The number of amides is 2. The molecule has 0 aliphatic carbocycles. The van der Waals surface area contributed by atoms with Crippen molar-refractivity contribution in [3.8, 4) is 0 Å². The number of nitrogens with one attached hydrogen (secondary N) is 2. The molecule has 0 spiro atoms. The van der Waals surface area contributed by atoms with Gasteiger partial charge in [-0.25, -0.2) is 4.79 Å². The normalized spacial score (nSPS) is 13.6. The van der Waals surface area contributed by atoms with Crippen LogP contribution >= 0.6 is 0 Å². The van der Waals surface area contributed by atoms with Crippen LogP contribution in [0, 0.1) is 5.41 Å². The largest absolute Gasteiger partial charge is 0.338 e. The maximum atomic E-state index is 11.0. The highest BCUT2D eigenvalue weighted by atomic mass is 16.2. The van der Waals surface area contributed by atoms with Crippen molar-refractivity contribution < 1.29 is 4.79 Å². The molecule has 13 heavy (non-hydrogen) atoms. The zero-order chi connectivity index (χ0) is 10.5. The Labute approximate surface area is 80.3 Å². The number of rotatable bonds is 3. The molecule has 1 atom stereocenters. The second-order valence-corrected chi connectivity index (χ2v) is 4.21. The summed E-state index contributed by atoms with van der Waals surface area (Å²) in [6.45, 7) is 9.18. The van der Waals surface area contributed by atoms with E-state index in [4.69, 9.17) is 5.73 Å². The molecular weight excluding hydrogens is 166 g/mol. The summed E-state index contributed by atoms with van der Waals surface area (Å²) >= 11 is 0. The van der Waals surface area contributed by atoms with Gasteiger partial charge in [-0.05, 0) is 12.3 Å². The van der Waals surface area contributed by atoms with Gasteiger partial charge in [0.15, 0.2) is 0 Å². The summed E-state index contributed by atoms with van der Waals surface area (Å²) in [5.41, 5.74) is 5.88. The van der Waals surface area contributed by atoms with E-state index in [0.29, 0.717) is 13.1 Å². The van der Waals surface area contributed by atoms with Crippen molar-refractivity contribution in [2.75, 3.05) is 13.1 Å². The number of carbonyl (C=O) groups is 1. The molecule has 0 heterocycles. The van der Waals surface area contributed by atoms with Gasteiger partial charge in [-0.15, -0.1) is 0 Å². The molecule has 0 radical (unpaired) electrons. The molecule has 0 aromatic rings. The summed E-state index contributed by atoms with van der Waals surface area (Å²) in [7, 11) is 0. The predicted octanol–water partition coefficient (Wildman–Crippen LogP) is 0.679. The van der Waals surface area contributed by atoms with Crippen LogP contribution in [0.15, 0.2) is 0 Å². The van der Waals surface area contributed by atoms with Gasteiger partial charge in [-0.1, -0.05) is 20.8 Å². The maximum Gasteiger partial charge on any atom is 0.314 e. The van der Waals surface area contributed by atoms with Crippen LogP contribution in [0.4, 0.5) is 4.79 Å². The highest BCUT2D eigenvalue weighted by molar-refractivity contribution is 5.73. The number of carbonyl (C=O) groups excluding carboxylic acids is 1. The third-order valence-electron chi connectivity index (χ3n) is 1.93. The molecule has 4 nitrogen and oxygen atoms in total. The van der Waals surface area contributed by atoms with Gasteiger partial charge in [0.05, 0.1) is 0 Å². The minimum atomic E-state index is -0.151. The van der Waals surface area contributed by atoms with Gasteiger partial charge >= 0.3 is 6.03 Å². The van der Waals surface area contributed by atoms with E-state index in [0.717, 1.165) is 0 Å². The van der Waals surface area contributed by atoms with Crippen LogP contribution in [0.3, 0.4) is 0 Å². The standard InChI is InChI=1S/C9H21N3O/c1-5-11-8(13)12-6-7(10)9(2,3)4/h7H,5-6,10H2,1-4H3,(H2,11,12,13). The average molecular weight is 187 g/mol. The number of hydrogen-bond donors (Lipinski definition) is 3. The van der Waals surface area contributed by atoms with Gasteiger partial charge in [0.2, 0.25) is 0 Å². The van der Waals surface area contributed by atoms with Crippen LogP contribution in [-0.4, -0.2) is 25.2 Å². The smallest absolute Gasteiger partial charge is 0.314 e. The molecule has 0 saturated carbocycles. The molecule has 4 heteroatoms. The fourth-order valence-corrected chi connectivity index (χ4v) is 0.732. The van der Waals surface area contributed by atoms with Crippen molar-refractivity contribution in [1.82, 2.24) is 10.6 Å². The van der Waals surface area contributed by atoms with Crippen LogP contribution < -0.4 is 16.4 Å². The lowest BCUT2D eigenvalue weighted by molar-refractivity contribution is 0.236. The minimum absolute atomic E-state index is 0.0184. The van der Waals surface area contributed by atoms with Gasteiger partial charge < -0.3 is 16.4 Å². The summed E-state index contributed by atoms with van der Waals surface area (Å²) in [6.07, 6.45) is 0. The SMILES string of the molecule is CCNC(=O)NCC(N)C(C)(C)C. The van der Waals surface area contributed by atoms with E-state index < -0.39 is 0 Å². The van der Waals surface area contributed by atoms with Gasteiger partial charge in [-0.3, -0.25) is 0 Å². The molecule has 0 aliphatic rings. The Kier molecular flexibility index (Phi) is 4.77. The van der Waals surface area contributed by atoms with Crippen LogP contribution in [-0.2, 0) is 0 Å². The second kappa shape index (κ2) is 5.07. The topological polar surface area (TPSA) is 67.2 Å². The van der Waals surface area contributed by atoms with Crippen molar-refractivity contribution in [2.24, 2.45) is 11.1 Å². The molecule has 0 bridgehead atoms. The third-order valence-corrected chi connectivity index (χ3v) is 1.93. The Morgan fingerprint density at radius 3 is 2.31 bits per heavy atom. The minimum Gasteiger partial charge on any atom is -0.338 e. The Bertz CT molecular complexity index is 163. The summed E-state index contributed by atoms with van der Waals surface area (Å²) in [5, 5.41) is 5.36. The molecular formula is C9H21N3O. The van der Waals surface area contributed by atoms with E-state index >= 15 is 0 Å². The van der Waals surface area contributed by atoms with Crippen LogP contribution in [0.2, 0.25) is 0 Å². The lowest BCUT2D eigenvalue weighted by atomic mass is 9.87.